The van der Waals surface area contributed by atoms with Crippen LogP contribution in [-0.4, -0.2) is 40.3 Å². The molecule has 3 rings (SSSR count). The number of para-hydroxylation sites is 1. The van der Waals surface area contributed by atoms with E-state index in [4.69, 9.17) is 4.74 Å². The molecule has 0 radical (unpaired) electrons. The zero-order valence-corrected chi connectivity index (χ0v) is 12.9. The minimum Gasteiger partial charge on any atom is -0.478 e. The van der Waals surface area contributed by atoms with Crippen molar-refractivity contribution in [2.24, 2.45) is 0 Å². The maximum Gasteiger partial charge on any atom is 0.274 e. The first-order valence-corrected chi connectivity index (χ1v) is 7.87. The Hall–Kier alpha value is -2.30. The molecular formula is C17H21N3O2. The molecule has 0 aliphatic carbocycles. The van der Waals surface area contributed by atoms with Gasteiger partial charge in [0.25, 0.3) is 5.91 Å². The van der Waals surface area contributed by atoms with Gasteiger partial charge in [0.1, 0.15) is 0 Å². The highest BCUT2D eigenvalue weighted by Crippen LogP contribution is 2.21. The summed E-state index contributed by atoms with van der Waals surface area (Å²) in [7, 11) is 0. The van der Waals surface area contributed by atoms with Crippen molar-refractivity contribution >= 4 is 5.91 Å². The zero-order valence-electron chi connectivity index (χ0n) is 12.9. The van der Waals surface area contributed by atoms with E-state index < -0.39 is 0 Å². The monoisotopic (exact) mass is 299 g/mol. The molecular weight excluding hydrogens is 278 g/mol. The second kappa shape index (κ2) is 6.64. The van der Waals surface area contributed by atoms with Crippen molar-refractivity contribution in [1.82, 2.24) is 14.7 Å². The van der Waals surface area contributed by atoms with Crippen molar-refractivity contribution < 1.29 is 9.53 Å². The lowest BCUT2D eigenvalue weighted by Crippen LogP contribution is -2.35. The van der Waals surface area contributed by atoms with Gasteiger partial charge in [0.15, 0.2) is 5.69 Å². The molecule has 22 heavy (non-hydrogen) atoms. The molecule has 5 heteroatoms. The quantitative estimate of drug-likeness (QED) is 0.872. The van der Waals surface area contributed by atoms with Gasteiger partial charge in [0, 0.05) is 19.2 Å². The Kier molecular flexibility index (Phi) is 4.42. The van der Waals surface area contributed by atoms with Crippen molar-refractivity contribution in [1.29, 1.82) is 0 Å². The van der Waals surface area contributed by atoms with Crippen LogP contribution in [0.25, 0.3) is 5.69 Å². The van der Waals surface area contributed by atoms with Crippen LogP contribution in [0.4, 0.5) is 0 Å². The van der Waals surface area contributed by atoms with Crippen LogP contribution in [-0.2, 0) is 0 Å². The van der Waals surface area contributed by atoms with E-state index >= 15 is 0 Å². The minimum absolute atomic E-state index is 0.00432. The van der Waals surface area contributed by atoms with Crippen LogP contribution in [0.15, 0.2) is 36.4 Å². The Labute approximate surface area is 130 Å². The van der Waals surface area contributed by atoms with Gasteiger partial charge in [-0.05, 0) is 38.3 Å². The number of carbonyl (C=O) groups is 1. The van der Waals surface area contributed by atoms with E-state index in [0.29, 0.717) is 18.2 Å². The van der Waals surface area contributed by atoms with Crippen LogP contribution in [0.2, 0.25) is 0 Å². The highest BCUT2D eigenvalue weighted by Gasteiger charge is 2.22. The molecule has 1 aliphatic heterocycles. The predicted molar refractivity (Wildman–Crippen MR) is 84.5 cm³/mol. The number of benzene rings is 1. The van der Waals surface area contributed by atoms with Gasteiger partial charge < -0.3 is 9.64 Å². The number of amides is 1. The SMILES string of the molecule is CCOc1cc(C(=O)N2CCCCC2)nn1-c1ccccc1. The summed E-state index contributed by atoms with van der Waals surface area (Å²) in [6, 6.07) is 11.5. The number of nitrogens with zero attached hydrogens (tertiary/aromatic N) is 3. The average Bonchev–Trinajstić information content (AvgIpc) is 3.00. The largest absolute Gasteiger partial charge is 0.478 e. The molecule has 2 aromatic rings. The molecule has 0 spiro atoms. The molecule has 1 aromatic heterocycles. The van der Waals surface area contributed by atoms with Crippen molar-refractivity contribution in [2.45, 2.75) is 26.2 Å². The van der Waals surface area contributed by atoms with Gasteiger partial charge in [-0.25, -0.2) is 4.68 Å². The second-order valence-electron chi connectivity index (χ2n) is 5.40. The van der Waals surface area contributed by atoms with E-state index in [1.165, 1.54) is 6.42 Å². The van der Waals surface area contributed by atoms with E-state index in [2.05, 4.69) is 5.10 Å². The summed E-state index contributed by atoms with van der Waals surface area (Å²) in [4.78, 5) is 14.5. The Morgan fingerprint density at radius 2 is 1.91 bits per heavy atom. The Morgan fingerprint density at radius 1 is 1.18 bits per heavy atom. The van der Waals surface area contributed by atoms with E-state index in [9.17, 15) is 4.79 Å². The minimum atomic E-state index is -0.00432. The van der Waals surface area contributed by atoms with Crippen LogP contribution in [0.1, 0.15) is 36.7 Å². The number of hydrogen-bond acceptors (Lipinski definition) is 3. The lowest BCUT2D eigenvalue weighted by atomic mass is 10.1. The van der Waals surface area contributed by atoms with E-state index in [1.54, 1.807) is 10.7 Å². The summed E-state index contributed by atoms with van der Waals surface area (Å²) in [6.07, 6.45) is 3.35. The van der Waals surface area contributed by atoms with Gasteiger partial charge in [-0.1, -0.05) is 18.2 Å². The van der Waals surface area contributed by atoms with Gasteiger partial charge >= 0.3 is 0 Å². The third-order valence-corrected chi connectivity index (χ3v) is 3.83. The fraction of sp³-hybridized carbons (Fsp3) is 0.412. The molecule has 0 bridgehead atoms. The molecule has 1 fully saturated rings. The van der Waals surface area contributed by atoms with Crippen LogP contribution in [0.5, 0.6) is 5.88 Å². The van der Waals surface area contributed by atoms with Crippen molar-refractivity contribution in [3.05, 3.63) is 42.1 Å². The smallest absolute Gasteiger partial charge is 0.274 e. The van der Waals surface area contributed by atoms with E-state index in [-0.39, 0.29) is 5.91 Å². The maximum atomic E-state index is 12.6. The molecule has 1 aromatic carbocycles. The molecule has 1 saturated heterocycles. The first-order chi connectivity index (χ1) is 10.8. The van der Waals surface area contributed by atoms with Gasteiger partial charge in [0.05, 0.1) is 12.3 Å². The summed E-state index contributed by atoms with van der Waals surface area (Å²) in [5.74, 6) is 0.601. The third-order valence-electron chi connectivity index (χ3n) is 3.83. The molecule has 0 atom stereocenters. The van der Waals surface area contributed by atoms with E-state index in [0.717, 1.165) is 31.6 Å². The Bertz CT molecular complexity index is 631. The second-order valence-corrected chi connectivity index (χ2v) is 5.40. The summed E-state index contributed by atoms with van der Waals surface area (Å²) in [5, 5.41) is 4.47. The fourth-order valence-corrected chi connectivity index (χ4v) is 2.73. The summed E-state index contributed by atoms with van der Waals surface area (Å²) < 4.78 is 7.33. The van der Waals surface area contributed by atoms with Crippen LogP contribution < -0.4 is 4.74 Å². The predicted octanol–water partition coefficient (Wildman–Crippen LogP) is 2.90. The number of aromatic nitrogens is 2. The first kappa shape index (κ1) is 14.6. The number of carbonyl (C=O) groups excluding carboxylic acids is 1. The van der Waals surface area contributed by atoms with Gasteiger partial charge in [-0.15, -0.1) is 0 Å². The first-order valence-electron chi connectivity index (χ1n) is 7.87. The fourth-order valence-electron chi connectivity index (χ4n) is 2.73. The third kappa shape index (κ3) is 2.98. The van der Waals surface area contributed by atoms with E-state index in [1.807, 2.05) is 42.2 Å². The van der Waals surface area contributed by atoms with Crippen LogP contribution >= 0.6 is 0 Å². The number of ether oxygens (including phenoxy) is 1. The van der Waals surface area contributed by atoms with Crippen molar-refractivity contribution in [2.75, 3.05) is 19.7 Å². The molecule has 1 amide bonds. The van der Waals surface area contributed by atoms with Gasteiger partial charge in [-0.2, -0.15) is 5.10 Å². The lowest BCUT2D eigenvalue weighted by Gasteiger charge is -2.25. The number of likely N-dealkylation sites (tertiary alicyclic amines) is 1. The van der Waals surface area contributed by atoms with Crippen molar-refractivity contribution in [3.63, 3.8) is 0 Å². The van der Waals surface area contributed by atoms with Gasteiger partial charge in [0.2, 0.25) is 5.88 Å². The highest BCUT2D eigenvalue weighted by molar-refractivity contribution is 5.92. The average molecular weight is 299 g/mol. The topological polar surface area (TPSA) is 47.4 Å². The number of piperidine rings is 1. The number of hydrogen-bond donors (Lipinski definition) is 0. The molecule has 0 N–H and O–H groups in total. The summed E-state index contributed by atoms with van der Waals surface area (Å²) in [5.41, 5.74) is 1.35. The molecule has 0 unspecified atom stereocenters. The Balaban J connectivity index is 1.91. The molecule has 116 valence electrons. The standard InChI is InChI=1S/C17H21N3O2/c1-2-22-16-13-15(17(21)19-11-7-4-8-12-19)18-20(16)14-9-5-3-6-10-14/h3,5-6,9-10,13H,2,4,7-8,11-12H2,1H3. The maximum absolute atomic E-state index is 12.6. The lowest BCUT2D eigenvalue weighted by molar-refractivity contribution is 0.0718. The normalized spacial score (nSPS) is 14.9. The summed E-state index contributed by atoms with van der Waals surface area (Å²) in [6.45, 7) is 4.10. The summed E-state index contributed by atoms with van der Waals surface area (Å²) >= 11 is 0. The van der Waals surface area contributed by atoms with Crippen molar-refractivity contribution in [3.8, 4) is 11.6 Å². The van der Waals surface area contributed by atoms with Crippen LogP contribution in [0.3, 0.4) is 0 Å². The van der Waals surface area contributed by atoms with Gasteiger partial charge in [-0.3, -0.25) is 4.79 Å². The molecule has 0 saturated carbocycles. The Morgan fingerprint density at radius 3 is 2.59 bits per heavy atom. The van der Waals surface area contributed by atoms with Crippen LogP contribution in [0, 0.1) is 0 Å². The molecule has 1 aliphatic rings. The molecule has 5 nitrogen and oxygen atoms in total. The highest BCUT2D eigenvalue weighted by atomic mass is 16.5. The number of rotatable bonds is 4. The zero-order chi connectivity index (χ0) is 15.4. The molecule has 2 heterocycles.